The fourth-order valence-electron chi connectivity index (χ4n) is 2.24. The first kappa shape index (κ1) is 22.2. The van der Waals surface area contributed by atoms with Crippen molar-refractivity contribution in [3.05, 3.63) is 23.8 Å². The molecule has 0 saturated heterocycles. The molecule has 0 spiro atoms. The molecular formula is C18H30N6O3. The number of carbonyl (C=O) groups excluding carboxylic acids is 1. The van der Waals surface area contributed by atoms with Gasteiger partial charge in [-0.25, -0.2) is 9.79 Å². The van der Waals surface area contributed by atoms with Crippen molar-refractivity contribution in [2.24, 2.45) is 27.2 Å². The van der Waals surface area contributed by atoms with Gasteiger partial charge < -0.3 is 31.6 Å². The van der Waals surface area contributed by atoms with E-state index < -0.39 is 5.97 Å². The number of benzene rings is 1. The molecule has 0 bridgehead atoms. The van der Waals surface area contributed by atoms with Crippen LogP contribution in [0.5, 0.6) is 5.75 Å². The highest BCUT2D eigenvalue weighted by Gasteiger charge is 2.13. The number of ether oxygens (including phenoxy) is 2. The molecule has 0 unspecified atom stereocenters. The van der Waals surface area contributed by atoms with Crippen molar-refractivity contribution in [1.29, 1.82) is 0 Å². The van der Waals surface area contributed by atoms with Gasteiger partial charge in [-0.15, -0.1) is 0 Å². The van der Waals surface area contributed by atoms with E-state index in [1.807, 2.05) is 6.92 Å². The van der Waals surface area contributed by atoms with Crippen molar-refractivity contribution in [2.75, 3.05) is 32.8 Å². The van der Waals surface area contributed by atoms with Gasteiger partial charge in [0, 0.05) is 6.54 Å². The van der Waals surface area contributed by atoms with E-state index in [0.717, 1.165) is 19.5 Å². The summed E-state index contributed by atoms with van der Waals surface area (Å²) in [5.74, 6) is -0.311. The van der Waals surface area contributed by atoms with Crippen molar-refractivity contribution in [1.82, 2.24) is 4.90 Å². The quantitative estimate of drug-likeness (QED) is 0.315. The van der Waals surface area contributed by atoms with Gasteiger partial charge in [-0.2, -0.15) is 4.99 Å². The van der Waals surface area contributed by atoms with E-state index in [4.69, 9.17) is 26.7 Å². The van der Waals surface area contributed by atoms with Crippen LogP contribution in [0.25, 0.3) is 0 Å². The van der Waals surface area contributed by atoms with Crippen LogP contribution in [0, 0.1) is 0 Å². The highest BCUT2D eigenvalue weighted by Crippen LogP contribution is 2.29. The topological polar surface area (TPSA) is 142 Å². The molecule has 0 amide bonds. The fourth-order valence-corrected chi connectivity index (χ4v) is 2.24. The third kappa shape index (κ3) is 7.95. The fraction of sp³-hybridized carbons (Fsp3) is 0.500. The van der Waals surface area contributed by atoms with Gasteiger partial charge in [0.1, 0.15) is 18.0 Å². The molecule has 0 fully saturated rings. The van der Waals surface area contributed by atoms with Gasteiger partial charge in [0.05, 0.1) is 12.2 Å². The minimum Gasteiger partial charge on any atom is -0.491 e. The maximum Gasteiger partial charge on any atom is 0.338 e. The summed E-state index contributed by atoms with van der Waals surface area (Å²) in [6, 6.07) is 4.82. The molecule has 0 atom stereocenters. The van der Waals surface area contributed by atoms with Gasteiger partial charge in [0.15, 0.2) is 5.96 Å². The summed E-state index contributed by atoms with van der Waals surface area (Å²) in [5.41, 5.74) is 17.0. The van der Waals surface area contributed by atoms with Crippen LogP contribution in [0.15, 0.2) is 28.2 Å². The minimum atomic E-state index is -0.443. The molecule has 1 aromatic rings. The second-order valence-corrected chi connectivity index (χ2v) is 5.70. The van der Waals surface area contributed by atoms with Crippen LogP contribution in [0.1, 0.15) is 37.6 Å². The second-order valence-electron chi connectivity index (χ2n) is 5.70. The molecule has 1 rings (SSSR count). The first-order valence-corrected chi connectivity index (χ1v) is 9.01. The Kier molecular flexibility index (Phi) is 9.66. The zero-order chi connectivity index (χ0) is 20.2. The van der Waals surface area contributed by atoms with Crippen molar-refractivity contribution in [3.8, 4) is 5.75 Å². The van der Waals surface area contributed by atoms with E-state index in [1.54, 1.807) is 18.2 Å². The Bertz CT molecular complexity index is 667. The van der Waals surface area contributed by atoms with Gasteiger partial charge in [-0.3, -0.25) is 0 Å². The normalized spacial score (nSPS) is 11.3. The van der Waals surface area contributed by atoms with Crippen LogP contribution in [0.2, 0.25) is 0 Å². The zero-order valence-electron chi connectivity index (χ0n) is 16.3. The van der Waals surface area contributed by atoms with Gasteiger partial charge in [0.2, 0.25) is 5.96 Å². The van der Waals surface area contributed by atoms with Gasteiger partial charge in [0.25, 0.3) is 0 Å². The number of esters is 1. The van der Waals surface area contributed by atoms with Crippen LogP contribution in [-0.2, 0) is 4.74 Å². The van der Waals surface area contributed by atoms with Crippen molar-refractivity contribution >= 4 is 23.6 Å². The summed E-state index contributed by atoms with van der Waals surface area (Å²) in [5, 5.41) is 0. The first-order valence-electron chi connectivity index (χ1n) is 9.01. The molecule has 6 N–H and O–H groups in total. The smallest absolute Gasteiger partial charge is 0.338 e. The van der Waals surface area contributed by atoms with Crippen LogP contribution < -0.4 is 21.9 Å². The molecule has 0 heterocycles. The van der Waals surface area contributed by atoms with Crippen LogP contribution in [-0.4, -0.2) is 55.6 Å². The number of hydrogen-bond donors (Lipinski definition) is 3. The Hall–Kier alpha value is -2.81. The highest BCUT2D eigenvalue weighted by molar-refractivity contribution is 5.95. The average Bonchev–Trinajstić information content (AvgIpc) is 2.63. The lowest BCUT2D eigenvalue weighted by atomic mass is 10.2. The predicted octanol–water partition coefficient (Wildman–Crippen LogP) is 1.19. The molecule has 27 heavy (non-hydrogen) atoms. The van der Waals surface area contributed by atoms with E-state index in [1.165, 1.54) is 0 Å². The standard InChI is InChI=1S/C18H30N6O3/c1-4-10-26-15-8-7-13(12-14(15)22-18(21)23-17(19)20)16(25)27-11-9-24(5-2)6-3/h7-8,12H,4-6,9-11H2,1-3H3,(H6,19,20,21,22,23). The molecule has 150 valence electrons. The van der Waals surface area contributed by atoms with Crippen LogP contribution in [0.4, 0.5) is 5.69 Å². The molecule has 9 nitrogen and oxygen atoms in total. The van der Waals surface area contributed by atoms with Crippen LogP contribution in [0.3, 0.4) is 0 Å². The Labute approximate surface area is 160 Å². The molecule has 0 aliphatic heterocycles. The lowest BCUT2D eigenvalue weighted by Crippen LogP contribution is -2.27. The molecule has 0 radical (unpaired) electrons. The number of aliphatic imine (C=N–C) groups is 2. The third-order valence-electron chi connectivity index (χ3n) is 3.67. The maximum atomic E-state index is 12.3. The monoisotopic (exact) mass is 378 g/mol. The van der Waals surface area contributed by atoms with Gasteiger partial charge >= 0.3 is 5.97 Å². The molecular weight excluding hydrogens is 348 g/mol. The van der Waals surface area contributed by atoms with Crippen molar-refractivity contribution < 1.29 is 14.3 Å². The third-order valence-corrected chi connectivity index (χ3v) is 3.67. The van der Waals surface area contributed by atoms with Crippen LogP contribution >= 0.6 is 0 Å². The average molecular weight is 378 g/mol. The van der Waals surface area contributed by atoms with Crippen molar-refractivity contribution in [2.45, 2.75) is 27.2 Å². The second kappa shape index (κ2) is 11.7. The van der Waals surface area contributed by atoms with E-state index in [2.05, 4.69) is 28.7 Å². The zero-order valence-corrected chi connectivity index (χ0v) is 16.3. The molecule has 0 aromatic heterocycles. The Morgan fingerprint density at radius 2 is 1.81 bits per heavy atom. The summed E-state index contributed by atoms with van der Waals surface area (Å²) in [4.78, 5) is 22.3. The van der Waals surface area contributed by atoms with E-state index in [0.29, 0.717) is 36.8 Å². The molecule has 0 aliphatic carbocycles. The number of carbonyl (C=O) groups is 1. The summed E-state index contributed by atoms with van der Waals surface area (Å²) in [7, 11) is 0. The Morgan fingerprint density at radius 1 is 1.11 bits per heavy atom. The van der Waals surface area contributed by atoms with Crippen molar-refractivity contribution in [3.63, 3.8) is 0 Å². The molecule has 0 saturated carbocycles. The van der Waals surface area contributed by atoms with E-state index >= 15 is 0 Å². The first-order chi connectivity index (χ1) is 12.9. The Balaban J connectivity index is 2.96. The lowest BCUT2D eigenvalue weighted by Gasteiger charge is -2.17. The predicted molar refractivity (Wildman–Crippen MR) is 107 cm³/mol. The highest BCUT2D eigenvalue weighted by atomic mass is 16.5. The Morgan fingerprint density at radius 3 is 2.41 bits per heavy atom. The van der Waals surface area contributed by atoms with E-state index in [-0.39, 0.29) is 11.9 Å². The maximum absolute atomic E-state index is 12.3. The minimum absolute atomic E-state index is 0.136. The summed E-state index contributed by atoms with van der Waals surface area (Å²) < 4.78 is 11.0. The summed E-state index contributed by atoms with van der Waals surface area (Å²) in [6.45, 7) is 9.40. The number of nitrogens with zero attached hydrogens (tertiary/aromatic N) is 3. The number of rotatable bonds is 10. The summed E-state index contributed by atoms with van der Waals surface area (Å²) in [6.07, 6.45) is 0.821. The summed E-state index contributed by atoms with van der Waals surface area (Å²) >= 11 is 0. The van der Waals surface area contributed by atoms with E-state index in [9.17, 15) is 4.79 Å². The number of guanidine groups is 2. The number of likely N-dealkylation sites (N-methyl/N-ethyl adjacent to an activating group) is 1. The van der Waals surface area contributed by atoms with Gasteiger partial charge in [-0.1, -0.05) is 20.8 Å². The number of nitrogens with two attached hydrogens (primary N) is 3. The molecule has 9 heteroatoms. The van der Waals surface area contributed by atoms with Gasteiger partial charge in [-0.05, 0) is 37.7 Å². The number of hydrogen-bond acceptors (Lipinski definition) is 5. The molecule has 1 aromatic carbocycles. The molecule has 0 aliphatic rings. The SMILES string of the molecule is CCCOc1ccc(C(=O)OCCN(CC)CC)cc1N=C(N)N=C(N)N. The lowest BCUT2D eigenvalue weighted by molar-refractivity contribution is 0.0466. The largest absolute Gasteiger partial charge is 0.491 e.